The Morgan fingerprint density at radius 2 is 1.88 bits per heavy atom. The van der Waals surface area contributed by atoms with Crippen LogP contribution in [0.2, 0.25) is 0 Å². The van der Waals surface area contributed by atoms with Crippen LogP contribution >= 0.6 is 11.3 Å². The molecule has 1 atom stereocenters. The minimum absolute atomic E-state index is 0.108. The molecule has 1 aromatic carbocycles. The largest absolute Gasteiger partial charge is 0.269 e. The maximum atomic E-state index is 13.1. The first-order chi connectivity index (χ1) is 11.5. The highest BCUT2D eigenvalue weighted by Gasteiger charge is 2.34. The number of thiophene rings is 1. The highest BCUT2D eigenvalue weighted by atomic mass is 32.2. The molecule has 1 saturated heterocycles. The quantitative estimate of drug-likeness (QED) is 0.606. The molecule has 1 aliphatic heterocycles. The second-order valence-electron chi connectivity index (χ2n) is 5.75. The molecule has 0 aliphatic carbocycles. The molecule has 0 radical (unpaired) electrons. The summed E-state index contributed by atoms with van der Waals surface area (Å²) in [5, 5.41) is 12.7. The van der Waals surface area contributed by atoms with Gasteiger partial charge in [-0.05, 0) is 36.4 Å². The molecule has 8 heteroatoms. The third-order valence-electron chi connectivity index (χ3n) is 4.23. The summed E-state index contributed by atoms with van der Waals surface area (Å²) in [6.45, 7) is 0.474. The van der Waals surface area contributed by atoms with Gasteiger partial charge in [-0.1, -0.05) is 18.9 Å². The van der Waals surface area contributed by atoms with E-state index < -0.39 is 14.9 Å². The van der Waals surface area contributed by atoms with Crippen molar-refractivity contribution < 1.29 is 13.3 Å². The van der Waals surface area contributed by atoms with Crippen molar-refractivity contribution in [1.82, 2.24) is 4.31 Å². The van der Waals surface area contributed by atoms with E-state index >= 15 is 0 Å². The second kappa shape index (κ2) is 7.00. The molecule has 128 valence electrons. The molecule has 1 aliphatic rings. The zero-order valence-electron chi connectivity index (χ0n) is 13.0. The first kappa shape index (κ1) is 17.1. The van der Waals surface area contributed by atoms with Gasteiger partial charge in [0.2, 0.25) is 10.0 Å². The lowest BCUT2D eigenvalue weighted by molar-refractivity contribution is -0.384. The average Bonchev–Trinajstić information content (AvgIpc) is 2.98. The van der Waals surface area contributed by atoms with Gasteiger partial charge in [0.05, 0.1) is 15.9 Å². The van der Waals surface area contributed by atoms with E-state index in [-0.39, 0.29) is 16.6 Å². The summed E-state index contributed by atoms with van der Waals surface area (Å²) in [6, 6.07) is 8.87. The molecule has 2 aromatic rings. The van der Waals surface area contributed by atoms with E-state index in [0.29, 0.717) is 6.54 Å². The fourth-order valence-electron chi connectivity index (χ4n) is 3.01. The number of benzene rings is 1. The Labute approximate surface area is 144 Å². The van der Waals surface area contributed by atoms with E-state index in [4.69, 9.17) is 0 Å². The van der Waals surface area contributed by atoms with Crippen LogP contribution in [0.3, 0.4) is 0 Å². The van der Waals surface area contributed by atoms with E-state index in [1.165, 1.54) is 24.3 Å². The first-order valence-electron chi connectivity index (χ1n) is 7.80. The van der Waals surface area contributed by atoms with Crippen molar-refractivity contribution in [2.75, 3.05) is 6.54 Å². The van der Waals surface area contributed by atoms with Gasteiger partial charge in [0.1, 0.15) is 0 Å². The molecular formula is C16H18N2O4S2. The molecule has 6 nitrogen and oxygen atoms in total. The Balaban J connectivity index is 1.97. The summed E-state index contributed by atoms with van der Waals surface area (Å²) in [6.07, 6.45) is 3.63. The molecule has 2 heterocycles. The highest BCUT2D eigenvalue weighted by molar-refractivity contribution is 7.89. The van der Waals surface area contributed by atoms with Crippen molar-refractivity contribution in [2.45, 2.75) is 36.6 Å². The zero-order chi connectivity index (χ0) is 17.2. The molecule has 0 amide bonds. The Morgan fingerprint density at radius 3 is 2.50 bits per heavy atom. The van der Waals surface area contributed by atoms with Gasteiger partial charge in [-0.2, -0.15) is 4.31 Å². The molecule has 0 bridgehead atoms. The van der Waals surface area contributed by atoms with Gasteiger partial charge in [-0.3, -0.25) is 10.1 Å². The van der Waals surface area contributed by atoms with Crippen LogP contribution in [-0.2, 0) is 10.0 Å². The van der Waals surface area contributed by atoms with Gasteiger partial charge in [-0.15, -0.1) is 11.3 Å². The Hall–Kier alpha value is -1.77. The number of nitrogens with zero attached hydrogens (tertiary/aromatic N) is 2. The van der Waals surface area contributed by atoms with Crippen LogP contribution < -0.4 is 0 Å². The van der Waals surface area contributed by atoms with Gasteiger partial charge in [0.15, 0.2) is 0 Å². The molecule has 0 spiro atoms. The molecule has 0 N–H and O–H groups in total. The van der Waals surface area contributed by atoms with E-state index in [2.05, 4.69) is 0 Å². The lowest BCUT2D eigenvalue weighted by Crippen LogP contribution is -2.34. The van der Waals surface area contributed by atoms with Crippen molar-refractivity contribution in [3.63, 3.8) is 0 Å². The predicted octanol–water partition coefficient (Wildman–Crippen LogP) is 3.96. The van der Waals surface area contributed by atoms with Gasteiger partial charge in [0.25, 0.3) is 5.69 Å². The number of hydrogen-bond acceptors (Lipinski definition) is 5. The standard InChI is InChI=1S/C16H18N2O4S2/c19-18(20)13-7-9-14(10-8-13)24(21,22)17-11-3-1-2-5-15(17)16-6-4-12-23-16/h4,6-10,12,15H,1-3,5,11H2/t15-/m1/s1. The third-order valence-corrected chi connectivity index (χ3v) is 7.13. The van der Waals surface area contributed by atoms with Gasteiger partial charge < -0.3 is 0 Å². The van der Waals surface area contributed by atoms with Crippen LogP contribution in [0.15, 0.2) is 46.7 Å². The Morgan fingerprint density at radius 1 is 1.12 bits per heavy atom. The highest BCUT2D eigenvalue weighted by Crippen LogP contribution is 2.36. The van der Waals surface area contributed by atoms with Crippen molar-refractivity contribution in [1.29, 1.82) is 0 Å². The molecule has 1 fully saturated rings. The summed E-state index contributed by atoms with van der Waals surface area (Å²) in [5.74, 6) is 0. The number of nitro groups is 1. The summed E-state index contributed by atoms with van der Waals surface area (Å²) in [5.41, 5.74) is -0.111. The van der Waals surface area contributed by atoms with Crippen LogP contribution in [0.25, 0.3) is 0 Å². The fraction of sp³-hybridized carbons (Fsp3) is 0.375. The molecule has 3 rings (SSSR count). The summed E-state index contributed by atoms with van der Waals surface area (Å²) >= 11 is 1.56. The Kier molecular flexibility index (Phi) is 4.98. The molecule has 0 unspecified atom stereocenters. The number of nitro benzene ring substituents is 1. The zero-order valence-corrected chi connectivity index (χ0v) is 14.6. The van der Waals surface area contributed by atoms with Crippen molar-refractivity contribution in [3.05, 3.63) is 56.8 Å². The SMILES string of the molecule is O=[N+]([O-])c1ccc(S(=O)(=O)N2CCCCC[C@@H]2c2cccs2)cc1. The second-order valence-corrected chi connectivity index (χ2v) is 8.62. The van der Waals surface area contributed by atoms with Crippen molar-refractivity contribution >= 4 is 27.0 Å². The fourth-order valence-corrected chi connectivity index (χ4v) is 5.62. The van der Waals surface area contributed by atoms with Crippen molar-refractivity contribution in [2.24, 2.45) is 0 Å². The molecule has 0 saturated carbocycles. The van der Waals surface area contributed by atoms with Crippen LogP contribution in [0, 0.1) is 10.1 Å². The van der Waals surface area contributed by atoms with Crippen LogP contribution in [0.4, 0.5) is 5.69 Å². The number of hydrogen-bond donors (Lipinski definition) is 0. The minimum atomic E-state index is -3.69. The summed E-state index contributed by atoms with van der Waals surface area (Å²) < 4.78 is 27.7. The minimum Gasteiger partial charge on any atom is -0.258 e. The topological polar surface area (TPSA) is 80.5 Å². The molecule has 24 heavy (non-hydrogen) atoms. The number of sulfonamides is 1. The summed E-state index contributed by atoms with van der Waals surface area (Å²) in [7, 11) is -3.69. The lowest BCUT2D eigenvalue weighted by Gasteiger charge is -2.28. The monoisotopic (exact) mass is 366 g/mol. The van der Waals surface area contributed by atoms with E-state index in [9.17, 15) is 18.5 Å². The van der Waals surface area contributed by atoms with Gasteiger partial charge >= 0.3 is 0 Å². The van der Waals surface area contributed by atoms with Gasteiger partial charge in [-0.25, -0.2) is 8.42 Å². The smallest absolute Gasteiger partial charge is 0.258 e. The first-order valence-corrected chi connectivity index (χ1v) is 10.1. The van der Waals surface area contributed by atoms with Crippen LogP contribution in [0.1, 0.15) is 36.6 Å². The average molecular weight is 366 g/mol. The number of non-ortho nitro benzene ring substituents is 1. The van der Waals surface area contributed by atoms with Crippen LogP contribution in [0.5, 0.6) is 0 Å². The van der Waals surface area contributed by atoms with E-state index in [1.54, 1.807) is 15.6 Å². The Bertz CT molecular complexity index is 801. The third kappa shape index (κ3) is 3.35. The number of rotatable bonds is 4. The molecule has 1 aromatic heterocycles. The lowest BCUT2D eigenvalue weighted by atomic mass is 10.1. The molecular weight excluding hydrogens is 348 g/mol. The predicted molar refractivity (Wildman–Crippen MR) is 92.5 cm³/mol. The van der Waals surface area contributed by atoms with Gasteiger partial charge in [0, 0.05) is 23.6 Å². The maximum Gasteiger partial charge on any atom is 0.269 e. The van der Waals surface area contributed by atoms with Crippen molar-refractivity contribution in [3.8, 4) is 0 Å². The summed E-state index contributed by atoms with van der Waals surface area (Å²) in [4.78, 5) is 11.4. The van der Waals surface area contributed by atoms with Crippen LogP contribution in [-0.4, -0.2) is 24.2 Å². The normalized spacial score (nSPS) is 19.8. The van der Waals surface area contributed by atoms with E-state index in [0.717, 1.165) is 30.6 Å². The van der Waals surface area contributed by atoms with E-state index in [1.807, 2.05) is 17.5 Å². The maximum absolute atomic E-state index is 13.1.